The molecule has 1 aromatic rings. The number of rotatable bonds is 7. The lowest BCUT2D eigenvalue weighted by atomic mass is 9.97. The van der Waals surface area contributed by atoms with Gasteiger partial charge in [-0.15, -0.1) is 0 Å². The zero-order valence-electron chi connectivity index (χ0n) is 15.9. The Morgan fingerprint density at radius 1 is 1.30 bits per heavy atom. The molecule has 6 nitrogen and oxygen atoms in total. The van der Waals surface area contributed by atoms with Crippen molar-refractivity contribution in [3.05, 3.63) is 28.2 Å². The summed E-state index contributed by atoms with van der Waals surface area (Å²) in [4.78, 5) is 15.2. The third kappa shape index (κ3) is 5.53. The lowest BCUT2D eigenvalue weighted by Crippen LogP contribution is -2.43. The Morgan fingerprint density at radius 2 is 2.04 bits per heavy atom. The highest BCUT2D eigenvalue weighted by Crippen LogP contribution is 2.25. The molecular formula is C19H28BrN3O3S. The molecule has 1 aromatic carbocycles. The Bertz CT molecular complexity index is 793. The lowest BCUT2D eigenvalue weighted by molar-refractivity contribution is 0.0921. The molecule has 1 aliphatic heterocycles. The third-order valence-corrected chi connectivity index (χ3v) is 7.43. The van der Waals surface area contributed by atoms with Crippen LogP contribution < -0.4 is 10.0 Å². The number of likely N-dealkylation sites (tertiary alicyclic amines) is 1. The second-order valence-corrected chi connectivity index (χ2v) is 10.4. The molecule has 1 heterocycles. The summed E-state index contributed by atoms with van der Waals surface area (Å²) < 4.78 is 28.1. The van der Waals surface area contributed by atoms with E-state index < -0.39 is 10.0 Å². The number of piperidine rings is 1. The van der Waals surface area contributed by atoms with Crippen LogP contribution in [0.25, 0.3) is 0 Å². The van der Waals surface area contributed by atoms with Gasteiger partial charge in [0.1, 0.15) is 0 Å². The zero-order chi connectivity index (χ0) is 19.6. The predicted octanol–water partition coefficient (Wildman–Crippen LogP) is 2.74. The Balaban J connectivity index is 1.64. The van der Waals surface area contributed by atoms with Crippen molar-refractivity contribution >= 4 is 31.9 Å². The highest BCUT2D eigenvalue weighted by atomic mass is 79.9. The summed E-state index contributed by atoms with van der Waals surface area (Å²) in [6.45, 7) is 7.09. The number of halogens is 1. The highest BCUT2D eigenvalue weighted by molar-refractivity contribution is 9.10. The second-order valence-electron chi connectivity index (χ2n) is 7.84. The number of hydrogen-bond acceptors (Lipinski definition) is 4. The number of nitrogens with one attached hydrogen (secondary N) is 2. The van der Waals surface area contributed by atoms with E-state index in [9.17, 15) is 13.2 Å². The molecule has 2 aliphatic rings. The number of nitrogens with zero attached hydrogens (tertiary/aromatic N) is 1. The maximum Gasteiger partial charge on any atom is 0.252 e. The first-order valence-electron chi connectivity index (χ1n) is 9.60. The molecular weight excluding hydrogens is 430 g/mol. The van der Waals surface area contributed by atoms with Crippen molar-refractivity contribution in [1.29, 1.82) is 0 Å². The van der Waals surface area contributed by atoms with Crippen molar-refractivity contribution in [2.24, 2.45) is 5.92 Å². The Kier molecular flexibility index (Phi) is 6.61. The van der Waals surface area contributed by atoms with Gasteiger partial charge in [0, 0.05) is 29.6 Å². The quantitative estimate of drug-likeness (QED) is 0.659. The van der Waals surface area contributed by atoms with E-state index in [4.69, 9.17) is 0 Å². The minimum atomic E-state index is -3.58. The Labute approximate surface area is 170 Å². The molecule has 1 amide bonds. The van der Waals surface area contributed by atoms with Gasteiger partial charge in [-0.3, -0.25) is 4.79 Å². The first kappa shape index (κ1) is 20.8. The largest absolute Gasteiger partial charge is 0.352 e. The molecule has 27 heavy (non-hydrogen) atoms. The molecule has 1 aliphatic carbocycles. The van der Waals surface area contributed by atoms with Crippen molar-refractivity contribution < 1.29 is 13.2 Å². The molecule has 150 valence electrons. The number of hydrogen-bond donors (Lipinski definition) is 2. The van der Waals surface area contributed by atoms with Gasteiger partial charge < -0.3 is 10.2 Å². The minimum Gasteiger partial charge on any atom is -0.352 e. The average molecular weight is 458 g/mol. The van der Waals surface area contributed by atoms with Gasteiger partial charge in [-0.25, -0.2) is 13.1 Å². The second kappa shape index (κ2) is 8.59. The van der Waals surface area contributed by atoms with E-state index in [0.29, 0.717) is 28.5 Å². The normalized spacial score (nSPS) is 21.4. The third-order valence-electron chi connectivity index (χ3n) is 5.22. The van der Waals surface area contributed by atoms with E-state index in [2.05, 4.69) is 44.7 Å². The lowest BCUT2D eigenvalue weighted by Gasteiger charge is -2.35. The molecule has 1 atom stereocenters. The Hall–Kier alpha value is -0.960. The number of amides is 1. The van der Waals surface area contributed by atoms with Crippen LogP contribution in [0.4, 0.5) is 0 Å². The number of carbonyl (C=O) groups excluding carboxylic acids is 1. The van der Waals surface area contributed by atoms with Gasteiger partial charge in [-0.1, -0.05) is 0 Å². The molecule has 0 aromatic heterocycles. The SMILES string of the molecule is CC(C)N1CCCC(CNC(=O)c2cc(S(=O)(=O)NC3CC3)ccc2Br)C1. The van der Waals surface area contributed by atoms with Crippen molar-refractivity contribution in [2.75, 3.05) is 19.6 Å². The average Bonchev–Trinajstić information content (AvgIpc) is 3.43. The topological polar surface area (TPSA) is 78.5 Å². The number of sulfonamides is 1. The van der Waals surface area contributed by atoms with E-state index in [0.717, 1.165) is 38.8 Å². The summed E-state index contributed by atoms with van der Waals surface area (Å²) in [6.07, 6.45) is 3.99. The minimum absolute atomic E-state index is 0.0335. The van der Waals surface area contributed by atoms with Crippen LogP contribution in [0.3, 0.4) is 0 Å². The fourth-order valence-electron chi connectivity index (χ4n) is 3.40. The van der Waals surface area contributed by atoms with Crippen molar-refractivity contribution in [3.8, 4) is 0 Å². The standard InChI is InChI=1S/C19H28BrN3O3S/c1-13(2)23-9-3-4-14(12-23)11-21-19(24)17-10-16(7-8-18(17)20)27(25,26)22-15-5-6-15/h7-8,10,13-15,22H,3-6,9,11-12H2,1-2H3,(H,21,24). The molecule has 1 saturated carbocycles. The maximum absolute atomic E-state index is 12.7. The van der Waals surface area contributed by atoms with Crippen LogP contribution in [0.1, 0.15) is 49.9 Å². The van der Waals surface area contributed by atoms with Crippen LogP contribution in [0.15, 0.2) is 27.6 Å². The fraction of sp³-hybridized carbons (Fsp3) is 0.632. The van der Waals surface area contributed by atoms with Gasteiger partial charge in [-0.2, -0.15) is 0 Å². The van der Waals surface area contributed by atoms with E-state index in [1.165, 1.54) is 12.1 Å². The van der Waals surface area contributed by atoms with Gasteiger partial charge in [0.15, 0.2) is 0 Å². The smallest absolute Gasteiger partial charge is 0.252 e. The van der Waals surface area contributed by atoms with Crippen LogP contribution in [-0.2, 0) is 10.0 Å². The first-order chi connectivity index (χ1) is 12.8. The van der Waals surface area contributed by atoms with Crippen molar-refractivity contribution in [3.63, 3.8) is 0 Å². The molecule has 2 fully saturated rings. The van der Waals surface area contributed by atoms with Gasteiger partial charge in [0.2, 0.25) is 10.0 Å². The van der Waals surface area contributed by atoms with E-state index in [1.807, 2.05) is 0 Å². The first-order valence-corrected chi connectivity index (χ1v) is 11.9. The molecule has 3 rings (SSSR count). The summed E-state index contributed by atoms with van der Waals surface area (Å²) in [5, 5.41) is 2.99. The van der Waals surface area contributed by atoms with Gasteiger partial charge >= 0.3 is 0 Å². The highest BCUT2D eigenvalue weighted by Gasteiger charge is 2.29. The predicted molar refractivity (Wildman–Crippen MR) is 109 cm³/mol. The summed E-state index contributed by atoms with van der Waals surface area (Å²) >= 11 is 3.37. The summed E-state index contributed by atoms with van der Waals surface area (Å²) in [6, 6.07) is 5.14. The summed E-state index contributed by atoms with van der Waals surface area (Å²) in [5.41, 5.74) is 0.352. The molecule has 0 spiro atoms. The maximum atomic E-state index is 12.7. The van der Waals surface area contributed by atoms with Crippen molar-refractivity contribution in [1.82, 2.24) is 14.9 Å². The van der Waals surface area contributed by atoms with Crippen LogP contribution in [0.5, 0.6) is 0 Å². The molecule has 0 radical (unpaired) electrons. The van der Waals surface area contributed by atoms with Gasteiger partial charge in [0.25, 0.3) is 5.91 Å². The van der Waals surface area contributed by atoms with Crippen LogP contribution in [0.2, 0.25) is 0 Å². The molecule has 8 heteroatoms. The van der Waals surface area contributed by atoms with Crippen LogP contribution in [0, 0.1) is 5.92 Å². The van der Waals surface area contributed by atoms with Crippen LogP contribution >= 0.6 is 15.9 Å². The van der Waals surface area contributed by atoms with E-state index in [1.54, 1.807) is 6.07 Å². The zero-order valence-corrected chi connectivity index (χ0v) is 18.3. The van der Waals surface area contributed by atoms with E-state index in [-0.39, 0.29) is 16.8 Å². The van der Waals surface area contributed by atoms with Gasteiger partial charge in [0.05, 0.1) is 10.5 Å². The molecule has 1 saturated heterocycles. The van der Waals surface area contributed by atoms with Crippen LogP contribution in [-0.4, -0.2) is 50.9 Å². The monoisotopic (exact) mass is 457 g/mol. The van der Waals surface area contributed by atoms with E-state index >= 15 is 0 Å². The molecule has 2 N–H and O–H groups in total. The molecule has 1 unspecified atom stereocenters. The van der Waals surface area contributed by atoms with Crippen molar-refractivity contribution in [2.45, 2.75) is 56.5 Å². The number of carbonyl (C=O) groups is 1. The number of benzene rings is 1. The molecule has 0 bridgehead atoms. The summed E-state index contributed by atoms with van der Waals surface area (Å²) in [7, 11) is -3.58. The Morgan fingerprint density at radius 3 is 2.70 bits per heavy atom. The van der Waals surface area contributed by atoms with Gasteiger partial charge in [-0.05, 0) is 86.1 Å². The summed E-state index contributed by atoms with van der Waals surface area (Å²) in [5.74, 6) is 0.180. The fourth-order valence-corrected chi connectivity index (χ4v) is 5.16.